The zero-order chi connectivity index (χ0) is 48.0. The summed E-state index contributed by atoms with van der Waals surface area (Å²) in [5.74, 6) is 3.02. The predicted octanol–water partition coefficient (Wildman–Crippen LogP) is 11.6. The van der Waals surface area contributed by atoms with Crippen LogP contribution in [0.5, 0.6) is 0 Å². The molecule has 0 spiro atoms. The number of allylic oxidation sites excluding steroid dienone is 10. The predicted molar refractivity (Wildman–Crippen MR) is 271 cm³/mol. The standard InChI is InChI=1S/C27H42B2O3S2.C27H42O3/c1-17(7-6-13-25(2,3)30)21-10-11-22-20-9-8-18-15-19(31-33-28)16-24(32-34-29)27(18,5)23(20)12-14-26(21,22)4;1-17(7-6-13-25(2,3)30)21-10-11-22-20-9-8-18-15-19(28)16-24(29)27(18,5)23(20)12-14-26(21,22)4/h8-10,17,19,22-24,28-30H,6-7,11-16H2,1-5H3;8-10,17,19,22-24,28-30H,6-7,11-16H2,1-5H3/t2*17-,19+,22?,23?,24-,26+,27-/m00/s1/i28T,29T;. The molecule has 0 heterocycles. The van der Waals surface area contributed by atoms with Crippen molar-refractivity contribution in [3.8, 4) is 0 Å². The molecule has 10 heteroatoms. The van der Waals surface area contributed by atoms with Crippen LogP contribution in [0.2, 0.25) is 0 Å². The Labute approximate surface area is 402 Å². The van der Waals surface area contributed by atoms with Crippen molar-refractivity contribution in [1.82, 2.24) is 0 Å². The Morgan fingerprint density at radius 3 is 1.69 bits per heavy atom. The van der Waals surface area contributed by atoms with Gasteiger partial charge in [0.15, 0.2) is 0 Å². The van der Waals surface area contributed by atoms with Crippen LogP contribution in [0.4, 0.5) is 0 Å². The molecule has 4 saturated carbocycles. The summed E-state index contributed by atoms with van der Waals surface area (Å²) in [6.07, 6.45) is 29.3. The van der Waals surface area contributed by atoms with Crippen LogP contribution in [-0.4, -0.2) is 72.9 Å². The van der Waals surface area contributed by atoms with Gasteiger partial charge in [-0.3, -0.25) is 0 Å². The van der Waals surface area contributed by atoms with E-state index in [1.807, 2.05) is 27.7 Å². The van der Waals surface area contributed by atoms with Gasteiger partial charge in [0.25, 0.3) is 0 Å². The van der Waals surface area contributed by atoms with Gasteiger partial charge in [-0.05, 0) is 154 Å². The number of fused-ring (bicyclic) bond motifs is 10. The molecular formula is C54H84B2O6S2. The van der Waals surface area contributed by atoms with E-state index < -0.39 is 23.4 Å². The molecule has 354 valence electrons. The monoisotopic (exact) mass is 919 g/mol. The molecule has 0 aliphatic heterocycles. The van der Waals surface area contributed by atoms with Gasteiger partial charge in [0, 0.05) is 23.7 Å². The Kier molecular flexibility index (Phi) is 14.6. The van der Waals surface area contributed by atoms with Crippen molar-refractivity contribution in [2.24, 2.45) is 57.2 Å². The molecule has 2 radical (unpaired) electrons. The van der Waals surface area contributed by atoms with Gasteiger partial charge >= 0.3 is 0 Å². The zero-order valence-corrected chi connectivity index (χ0v) is 42.8. The van der Waals surface area contributed by atoms with Gasteiger partial charge in [-0.25, -0.2) is 0 Å². The van der Waals surface area contributed by atoms with Gasteiger partial charge in [-0.2, -0.15) is 0 Å². The fourth-order valence-corrected chi connectivity index (χ4v) is 15.9. The smallest absolute Gasteiger partial charge is 0.209 e. The summed E-state index contributed by atoms with van der Waals surface area (Å²) in [5.41, 5.74) is 7.98. The lowest BCUT2D eigenvalue weighted by atomic mass is 9.49. The average molecular weight is 919 g/mol. The lowest BCUT2D eigenvalue weighted by Gasteiger charge is -2.57. The zero-order valence-electron chi connectivity index (χ0n) is 43.1. The number of aliphatic hydroxyl groups is 4. The van der Waals surface area contributed by atoms with Crippen LogP contribution < -0.4 is 0 Å². The van der Waals surface area contributed by atoms with E-state index in [0.29, 0.717) is 48.3 Å². The average Bonchev–Trinajstić information content (AvgIpc) is 3.79. The first-order valence-corrected chi connectivity index (χ1v) is 26.7. The van der Waals surface area contributed by atoms with Crippen LogP contribution in [0.15, 0.2) is 69.9 Å². The molecule has 8 aliphatic carbocycles. The van der Waals surface area contributed by atoms with E-state index in [0.717, 1.165) is 101 Å². The van der Waals surface area contributed by atoms with Gasteiger partial charge in [0.2, 0.25) is 14.2 Å². The van der Waals surface area contributed by atoms with Gasteiger partial charge in [-0.1, -0.05) is 148 Å². The maximum absolute atomic E-state index is 11.0. The maximum atomic E-state index is 11.0. The summed E-state index contributed by atoms with van der Waals surface area (Å²) >= 11 is 2.22. The summed E-state index contributed by atoms with van der Waals surface area (Å²) in [4.78, 5) is 0. The normalized spacial score (nSPS) is 40.2. The Bertz CT molecular complexity index is 1940. The number of hydrogen-bond donors (Lipinski definition) is 4. The Balaban J connectivity index is 0.000000199. The Morgan fingerprint density at radius 1 is 0.703 bits per heavy atom. The quantitative estimate of drug-likeness (QED) is 0.0690. The van der Waals surface area contributed by atoms with E-state index in [1.165, 1.54) is 38.2 Å². The first kappa shape index (κ1) is 48.1. The summed E-state index contributed by atoms with van der Waals surface area (Å²) in [5, 5.41) is 41.4. The van der Waals surface area contributed by atoms with Crippen molar-refractivity contribution in [3.05, 3.63) is 69.9 Å². The minimum Gasteiger partial charge on any atom is -0.393 e. The summed E-state index contributed by atoms with van der Waals surface area (Å²) in [6, 6.07) is 0. The third-order valence-electron chi connectivity index (χ3n) is 18.8. The molecule has 64 heavy (non-hydrogen) atoms. The van der Waals surface area contributed by atoms with E-state index >= 15 is 0 Å². The van der Waals surface area contributed by atoms with Crippen LogP contribution >= 0.6 is 23.8 Å². The fourth-order valence-electron chi connectivity index (χ4n) is 15.2. The van der Waals surface area contributed by atoms with Gasteiger partial charge in [-0.15, -0.1) is 0 Å². The minimum absolute atomic E-state index is 0.0144. The molecule has 4 unspecified atom stereocenters. The fraction of sp³-hybridized carbons (Fsp3) is 0.778. The van der Waals surface area contributed by atoms with E-state index in [2.05, 4.69) is 78.0 Å². The Morgan fingerprint density at radius 2 is 1.19 bits per heavy atom. The number of aliphatic hydroxyl groups excluding tert-OH is 2. The summed E-state index contributed by atoms with van der Waals surface area (Å²) in [6.45, 7) is 22.0. The van der Waals surface area contributed by atoms with Gasteiger partial charge < -0.3 is 28.8 Å². The molecule has 8 aliphatic rings. The molecule has 0 saturated heterocycles. The second-order valence-electron chi connectivity index (χ2n) is 24.0. The van der Waals surface area contributed by atoms with Crippen molar-refractivity contribution >= 4 is 38.0 Å². The van der Waals surface area contributed by atoms with Gasteiger partial charge in [0.05, 0.1) is 35.6 Å². The minimum atomic E-state index is -0.586. The second kappa shape index (κ2) is 19.4. The van der Waals surface area contributed by atoms with Crippen LogP contribution in [0.25, 0.3) is 0 Å². The summed E-state index contributed by atoms with van der Waals surface area (Å²) < 4.78 is 27.0. The largest absolute Gasteiger partial charge is 0.393 e. The van der Waals surface area contributed by atoms with E-state index in [4.69, 9.17) is 11.0 Å². The van der Waals surface area contributed by atoms with Gasteiger partial charge in [0.1, 0.15) is 0 Å². The van der Waals surface area contributed by atoms with Crippen LogP contribution in [0, 0.1) is 57.2 Å². The topological polar surface area (TPSA) is 99.4 Å². The number of hydrogen-bond acceptors (Lipinski definition) is 8. The maximum Gasteiger partial charge on any atom is 0.209 e. The van der Waals surface area contributed by atoms with Crippen LogP contribution in [0.3, 0.4) is 0 Å². The van der Waals surface area contributed by atoms with E-state index in [9.17, 15) is 20.4 Å². The summed E-state index contributed by atoms with van der Waals surface area (Å²) in [7, 11) is 2.51. The third kappa shape index (κ3) is 9.64. The van der Waals surface area contributed by atoms with Crippen LogP contribution in [0.1, 0.15) is 172 Å². The highest BCUT2D eigenvalue weighted by Crippen LogP contribution is 2.67. The molecule has 8 rings (SSSR count). The lowest BCUT2D eigenvalue weighted by Crippen LogP contribution is -2.52. The van der Waals surface area contributed by atoms with Crippen molar-refractivity contribution in [2.45, 2.75) is 208 Å². The second-order valence-corrected chi connectivity index (χ2v) is 24.7. The van der Waals surface area contributed by atoms with E-state index in [1.54, 1.807) is 22.3 Å². The molecule has 0 amide bonds. The highest BCUT2D eigenvalue weighted by Gasteiger charge is 2.59. The highest BCUT2D eigenvalue weighted by molar-refractivity contribution is 8.16. The molecule has 14 atom stereocenters. The first-order valence-electron chi connectivity index (χ1n) is 26.2. The number of rotatable bonds is 16. The molecule has 4 fully saturated rings. The third-order valence-corrected chi connectivity index (χ3v) is 19.5. The molecule has 6 nitrogen and oxygen atoms in total. The molecule has 0 aromatic carbocycles. The molecule has 0 bridgehead atoms. The molecule has 4 N–H and O–H groups in total. The SMILES string of the molecule is C[C@@H](CCCC(C)(C)O)C1=CCC2C3=CC=C4C[C@@H](O)C[C@H](O)[C@]4(C)C3CC[C@]12C.[3H][B]SO[C@@H]1CC2=CC=C3C(CC[C@]4(C)C([C@@H](C)CCCC(C)(C)O)=CCC34)[C@@]2(C)[C@@H](OS[B][3H])C1. The van der Waals surface area contributed by atoms with E-state index in [-0.39, 0.29) is 33.9 Å². The van der Waals surface area contributed by atoms with Crippen molar-refractivity contribution in [2.75, 3.05) is 0 Å². The first-order chi connectivity index (χ1) is 31.0. The molecule has 0 aromatic heterocycles. The van der Waals surface area contributed by atoms with Crippen LogP contribution in [-0.2, 0) is 8.37 Å². The highest BCUT2D eigenvalue weighted by atomic mass is 32.2. The Hall–Kier alpha value is -0.970. The van der Waals surface area contributed by atoms with Crippen molar-refractivity contribution in [3.63, 3.8) is 0 Å². The molecular weight excluding hydrogens is 830 g/mol. The lowest BCUT2D eigenvalue weighted by molar-refractivity contribution is -0.0492. The molecule has 0 aromatic rings. The van der Waals surface area contributed by atoms with Crippen molar-refractivity contribution < 1.29 is 28.8 Å². The van der Waals surface area contributed by atoms with Crippen molar-refractivity contribution in [1.29, 1.82) is 2.67 Å².